The first-order valence-electron chi connectivity index (χ1n) is 9.60. The van der Waals surface area contributed by atoms with Gasteiger partial charge >= 0.3 is 0 Å². The molecule has 2 fully saturated rings. The molecule has 2 saturated heterocycles. The molecule has 2 N–H and O–H groups in total. The molecule has 2 aliphatic heterocycles. The van der Waals surface area contributed by atoms with Crippen LogP contribution in [0.5, 0.6) is 5.75 Å². The van der Waals surface area contributed by atoms with E-state index in [-0.39, 0.29) is 42.7 Å². The minimum atomic E-state index is -0.377. The molecule has 0 radical (unpaired) electrons. The van der Waals surface area contributed by atoms with Crippen molar-refractivity contribution < 1.29 is 14.3 Å². The Hall–Kier alpha value is -1.79. The van der Waals surface area contributed by atoms with Crippen LogP contribution in [-0.4, -0.2) is 48.5 Å². The number of rotatable bonds is 6. The highest BCUT2D eigenvalue weighted by Crippen LogP contribution is 2.32. The van der Waals surface area contributed by atoms with Gasteiger partial charge in [0.2, 0.25) is 11.8 Å². The summed E-state index contributed by atoms with van der Waals surface area (Å²) in [5.41, 5.74) is 0.859. The summed E-state index contributed by atoms with van der Waals surface area (Å²) in [7, 11) is 0. The van der Waals surface area contributed by atoms with Crippen LogP contribution in [-0.2, 0) is 9.59 Å². The monoisotopic (exact) mass is 395 g/mol. The Balaban J connectivity index is 0.00000261. The number of nitrogens with zero attached hydrogens (tertiary/aromatic N) is 1. The van der Waals surface area contributed by atoms with E-state index in [1.807, 2.05) is 31.2 Å². The van der Waals surface area contributed by atoms with Gasteiger partial charge in [0, 0.05) is 31.1 Å². The molecule has 7 heteroatoms. The van der Waals surface area contributed by atoms with E-state index in [4.69, 9.17) is 4.74 Å². The molecule has 1 aromatic carbocycles. The zero-order valence-electron chi connectivity index (χ0n) is 16.1. The molecule has 2 amide bonds. The van der Waals surface area contributed by atoms with Crippen molar-refractivity contribution in [3.63, 3.8) is 0 Å². The van der Waals surface area contributed by atoms with Crippen molar-refractivity contribution in [2.24, 2.45) is 0 Å². The van der Waals surface area contributed by atoms with Crippen LogP contribution in [0.3, 0.4) is 0 Å². The Morgan fingerprint density at radius 1 is 1.26 bits per heavy atom. The highest BCUT2D eigenvalue weighted by Gasteiger charge is 2.38. The fraction of sp³-hybridized carbons (Fsp3) is 0.600. The zero-order valence-corrected chi connectivity index (χ0v) is 16.9. The maximum atomic E-state index is 13.2. The average Bonchev–Trinajstić information content (AvgIpc) is 2.87. The summed E-state index contributed by atoms with van der Waals surface area (Å²) >= 11 is 0. The number of hydrogen-bond acceptors (Lipinski definition) is 4. The fourth-order valence-electron chi connectivity index (χ4n) is 4.21. The lowest BCUT2D eigenvalue weighted by atomic mass is 10.0. The summed E-state index contributed by atoms with van der Waals surface area (Å²) in [5, 5.41) is 6.37. The van der Waals surface area contributed by atoms with Crippen LogP contribution in [0.15, 0.2) is 24.3 Å². The van der Waals surface area contributed by atoms with Crippen molar-refractivity contribution in [3.8, 4) is 5.75 Å². The second-order valence-corrected chi connectivity index (χ2v) is 7.11. The van der Waals surface area contributed by atoms with Gasteiger partial charge in [0.05, 0.1) is 19.1 Å². The molecule has 150 valence electrons. The third-order valence-corrected chi connectivity index (χ3v) is 5.29. The molecule has 0 spiro atoms. The Morgan fingerprint density at radius 2 is 2.00 bits per heavy atom. The molecule has 0 aromatic heterocycles. The SMILES string of the molecule is CCOc1ccccc1C(CC(=O)N1C2CCNCC1CC2)NC(C)=O.Cl. The summed E-state index contributed by atoms with van der Waals surface area (Å²) in [6.45, 7) is 5.78. The van der Waals surface area contributed by atoms with E-state index in [1.165, 1.54) is 6.92 Å². The molecule has 27 heavy (non-hydrogen) atoms. The lowest BCUT2D eigenvalue weighted by Crippen LogP contribution is -2.44. The van der Waals surface area contributed by atoms with E-state index in [2.05, 4.69) is 15.5 Å². The van der Waals surface area contributed by atoms with Crippen LogP contribution in [0, 0.1) is 0 Å². The number of carbonyl (C=O) groups excluding carboxylic acids is 2. The molecule has 1 aromatic rings. The standard InChI is InChI=1S/C20H29N3O3.ClH/c1-3-26-19-7-5-4-6-17(19)18(22-14(2)24)12-20(25)23-15-8-9-16(23)13-21-11-10-15;/h4-7,15-16,18,21H,3,8-13H2,1-2H3,(H,22,24);1H. The van der Waals surface area contributed by atoms with Crippen molar-refractivity contribution in [1.82, 2.24) is 15.5 Å². The molecule has 3 rings (SSSR count). The normalized spacial score (nSPS) is 22.4. The first-order chi connectivity index (χ1) is 12.6. The molecular weight excluding hydrogens is 366 g/mol. The van der Waals surface area contributed by atoms with E-state index >= 15 is 0 Å². The van der Waals surface area contributed by atoms with Gasteiger partial charge in [0.25, 0.3) is 0 Å². The van der Waals surface area contributed by atoms with Crippen molar-refractivity contribution in [2.45, 2.75) is 57.7 Å². The predicted molar refractivity (Wildman–Crippen MR) is 107 cm³/mol. The molecule has 0 aliphatic carbocycles. The van der Waals surface area contributed by atoms with E-state index in [9.17, 15) is 9.59 Å². The van der Waals surface area contributed by atoms with E-state index in [1.54, 1.807) is 0 Å². The highest BCUT2D eigenvalue weighted by molar-refractivity contribution is 5.85. The lowest BCUT2D eigenvalue weighted by Gasteiger charge is -2.30. The predicted octanol–water partition coefficient (Wildman–Crippen LogP) is 2.43. The lowest BCUT2D eigenvalue weighted by molar-refractivity contribution is -0.134. The summed E-state index contributed by atoms with van der Waals surface area (Å²) in [5.74, 6) is 0.697. The van der Waals surface area contributed by atoms with Gasteiger partial charge in [-0.1, -0.05) is 18.2 Å². The molecule has 2 aliphatic rings. The minimum Gasteiger partial charge on any atom is -0.494 e. The van der Waals surface area contributed by atoms with Crippen LogP contribution < -0.4 is 15.4 Å². The topological polar surface area (TPSA) is 70.7 Å². The Kier molecular flexibility index (Phi) is 7.92. The van der Waals surface area contributed by atoms with Crippen molar-refractivity contribution in [1.29, 1.82) is 0 Å². The molecule has 2 bridgehead atoms. The number of benzene rings is 1. The van der Waals surface area contributed by atoms with Crippen LogP contribution in [0.4, 0.5) is 0 Å². The molecule has 3 atom stereocenters. The summed E-state index contributed by atoms with van der Waals surface area (Å²) in [6, 6.07) is 7.85. The first-order valence-corrected chi connectivity index (χ1v) is 9.60. The van der Waals surface area contributed by atoms with Gasteiger partial charge in [-0.2, -0.15) is 0 Å². The maximum Gasteiger partial charge on any atom is 0.225 e. The van der Waals surface area contributed by atoms with Crippen LogP contribution in [0.2, 0.25) is 0 Å². The summed E-state index contributed by atoms with van der Waals surface area (Å²) < 4.78 is 5.71. The quantitative estimate of drug-likeness (QED) is 0.776. The molecule has 2 heterocycles. The summed E-state index contributed by atoms with van der Waals surface area (Å²) in [6.07, 6.45) is 3.40. The van der Waals surface area contributed by atoms with Gasteiger partial charge in [0.15, 0.2) is 0 Å². The number of hydrogen-bond donors (Lipinski definition) is 2. The van der Waals surface area contributed by atoms with Crippen molar-refractivity contribution >= 4 is 24.2 Å². The fourth-order valence-corrected chi connectivity index (χ4v) is 4.21. The number of para-hydroxylation sites is 1. The smallest absolute Gasteiger partial charge is 0.225 e. The van der Waals surface area contributed by atoms with Gasteiger partial charge in [-0.3, -0.25) is 9.59 Å². The largest absolute Gasteiger partial charge is 0.494 e. The van der Waals surface area contributed by atoms with E-state index in [0.717, 1.165) is 43.7 Å². The van der Waals surface area contributed by atoms with Crippen molar-refractivity contribution in [3.05, 3.63) is 29.8 Å². The minimum absolute atomic E-state index is 0. The molecular formula is C20H30ClN3O3. The van der Waals surface area contributed by atoms with Crippen LogP contribution in [0.1, 0.15) is 51.1 Å². The van der Waals surface area contributed by atoms with Crippen LogP contribution >= 0.6 is 12.4 Å². The number of ether oxygens (including phenoxy) is 1. The molecule has 6 nitrogen and oxygen atoms in total. The number of carbonyl (C=O) groups is 2. The van der Waals surface area contributed by atoms with Gasteiger partial charge in [-0.15, -0.1) is 12.4 Å². The molecule has 3 unspecified atom stereocenters. The Labute approximate surface area is 167 Å². The Morgan fingerprint density at radius 3 is 2.74 bits per heavy atom. The van der Waals surface area contributed by atoms with Gasteiger partial charge in [-0.05, 0) is 38.8 Å². The summed E-state index contributed by atoms with van der Waals surface area (Å²) in [4.78, 5) is 27.0. The Bertz CT molecular complexity index is 641. The van der Waals surface area contributed by atoms with Gasteiger partial charge < -0.3 is 20.3 Å². The number of amides is 2. The van der Waals surface area contributed by atoms with Crippen LogP contribution in [0.25, 0.3) is 0 Å². The second-order valence-electron chi connectivity index (χ2n) is 7.11. The zero-order chi connectivity index (χ0) is 18.5. The number of nitrogens with one attached hydrogen (secondary N) is 2. The van der Waals surface area contributed by atoms with Gasteiger partial charge in [0.1, 0.15) is 5.75 Å². The number of halogens is 1. The number of fused-ring (bicyclic) bond motifs is 2. The van der Waals surface area contributed by atoms with Gasteiger partial charge in [-0.25, -0.2) is 0 Å². The maximum absolute atomic E-state index is 13.2. The molecule has 0 saturated carbocycles. The average molecular weight is 396 g/mol. The highest BCUT2D eigenvalue weighted by atomic mass is 35.5. The third kappa shape index (κ3) is 5.14. The third-order valence-electron chi connectivity index (χ3n) is 5.29. The second kappa shape index (κ2) is 9.95. The van der Waals surface area contributed by atoms with E-state index < -0.39 is 0 Å². The van der Waals surface area contributed by atoms with Crippen molar-refractivity contribution in [2.75, 3.05) is 19.7 Å². The van der Waals surface area contributed by atoms with E-state index in [0.29, 0.717) is 12.6 Å². The first kappa shape index (κ1) is 21.5.